The molecule has 118 valence electrons. The summed E-state index contributed by atoms with van der Waals surface area (Å²) in [5, 5.41) is 9.51. The van der Waals surface area contributed by atoms with E-state index in [4.69, 9.17) is 16.0 Å². The molecule has 0 radical (unpaired) electrons. The van der Waals surface area contributed by atoms with Crippen LogP contribution in [0.2, 0.25) is 5.02 Å². The van der Waals surface area contributed by atoms with E-state index in [0.29, 0.717) is 11.1 Å². The first-order valence-electron chi connectivity index (χ1n) is 7.28. The molecule has 0 spiro atoms. The highest BCUT2D eigenvalue weighted by Gasteiger charge is 2.18. The minimum Gasteiger partial charge on any atom is -0.410 e. The zero-order valence-electron chi connectivity index (χ0n) is 12.5. The second kappa shape index (κ2) is 7.64. The summed E-state index contributed by atoms with van der Waals surface area (Å²) < 4.78 is 5.72. The molecule has 2 aromatic carbocycles. The van der Waals surface area contributed by atoms with Gasteiger partial charge in [0.05, 0.1) is 0 Å². The standard InChI is InChI=1S/C17H16ClN3OS/c18-14-8-6-13(7-9-14)11-23-17-21-20-16(22-17)15(19)10-12-4-2-1-3-5-12/h1-9,15H,10-11,19H2/p+1/t15-/m0/s1. The van der Waals surface area contributed by atoms with Gasteiger partial charge in [0.15, 0.2) is 6.04 Å². The van der Waals surface area contributed by atoms with Crippen LogP contribution in [0, 0.1) is 0 Å². The van der Waals surface area contributed by atoms with Crippen molar-refractivity contribution in [3.63, 3.8) is 0 Å². The Bertz CT molecular complexity index is 746. The summed E-state index contributed by atoms with van der Waals surface area (Å²) in [6, 6.07) is 17.9. The average Bonchev–Trinajstić information content (AvgIpc) is 3.04. The Morgan fingerprint density at radius 2 is 1.74 bits per heavy atom. The summed E-state index contributed by atoms with van der Waals surface area (Å²) in [6.07, 6.45) is 0.782. The molecule has 0 unspecified atom stereocenters. The quantitative estimate of drug-likeness (QED) is 0.693. The highest BCUT2D eigenvalue weighted by atomic mass is 35.5. The molecule has 0 bridgehead atoms. The average molecular weight is 347 g/mol. The Labute approximate surface area is 144 Å². The molecule has 0 saturated carbocycles. The zero-order valence-corrected chi connectivity index (χ0v) is 14.1. The normalized spacial score (nSPS) is 12.3. The first-order valence-corrected chi connectivity index (χ1v) is 8.65. The topological polar surface area (TPSA) is 66.6 Å². The smallest absolute Gasteiger partial charge is 0.277 e. The lowest BCUT2D eigenvalue weighted by Gasteiger charge is -2.03. The lowest BCUT2D eigenvalue weighted by molar-refractivity contribution is -0.431. The van der Waals surface area contributed by atoms with Gasteiger partial charge in [-0.3, -0.25) is 0 Å². The van der Waals surface area contributed by atoms with E-state index < -0.39 is 0 Å². The van der Waals surface area contributed by atoms with Crippen molar-refractivity contribution in [3.05, 3.63) is 76.6 Å². The van der Waals surface area contributed by atoms with Gasteiger partial charge in [0.1, 0.15) is 0 Å². The Hall–Kier alpha value is -1.82. The number of halogens is 1. The fraction of sp³-hybridized carbons (Fsp3) is 0.176. The minimum atomic E-state index is -0.0465. The molecular weight excluding hydrogens is 330 g/mol. The summed E-state index contributed by atoms with van der Waals surface area (Å²) in [4.78, 5) is 0. The van der Waals surface area contributed by atoms with E-state index in [1.165, 1.54) is 17.3 Å². The predicted molar refractivity (Wildman–Crippen MR) is 91.1 cm³/mol. The number of rotatable bonds is 6. The predicted octanol–water partition coefficient (Wildman–Crippen LogP) is 3.54. The molecule has 0 aliphatic carbocycles. The van der Waals surface area contributed by atoms with Crippen molar-refractivity contribution in [2.75, 3.05) is 0 Å². The number of hydrogen-bond donors (Lipinski definition) is 1. The molecule has 1 atom stereocenters. The van der Waals surface area contributed by atoms with E-state index in [2.05, 4.69) is 28.1 Å². The van der Waals surface area contributed by atoms with E-state index in [1.807, 2.05) is 42.5 Å². The molecule has 23 heavy (non-hydrogen) atoms. The van der Waals surface area contributed by atoms with Crippen molar-refractivity contribution in [1.82, 2.24) is 10.2 Å². The van der Waals surface area contributed by atoms with Gasteiger partial charge in [0.25, 0.3) is 11.1 Å². The molecular formula is C17H17ClN3OS+. The maximum Gasteiger partial charge on any atom is 0.277 e. The Kier molecular flexibility index (Phi) is 5.33. The maximum absolute atomic E-state index is 5.88. The summed E-state index contributed by atoms with van der Waals surface area (Å²) in [6.45, 7) is 0. The largest absolute Gasteiger partial charge is 0.410 e. The van der Waals surface area contributed by atoms with Gasteiger partial charge in [0, 0.05) is 17.2 Å². The van der Waals surface area contributed by atoms with Crippen molar-refractivity contribution in [2.45, 2.75) is 23.4 Å². The van der Waals surface area contributed by atoms with Gasteiger partial charge < -0.3 is 10.2 Å². The third kappa shape index (κ3) is 4.58. The maximum atomic E-state index is 5.88. The molecule has 3 N–H and O–H groups in total. The van der Waals surface area contributed by atoms with Crippen molar-refractivity contribution in [3.8, 4) is 0 Å². The van der Waals surface area contributed by atoms with Gasteiger partial charge in [-0.05, 0) is 23.3 Å². The summed E-state index contributed by atoms with van der Waals surface area (Å²) in [5.74, 6) is 1.34. The van der Waals surface area contributed by atoms with Crippen molar-refractivity contribution < 1.29 is 10.2 Å². The van der Waals surface area contributed by atoms with Crippen LogP contribution in [0.3, 0.4) is 0 Å². The Morgan fingerprint density at radius 3 is 2.48 bits per heavy atom. The van der Waals surface area contributed by atoms with Crippen LogP contribution in [0.4, 0.5) is 0 Å². The first-order chi connectivity index (χ1) is 11.2. The molecule has 3 aromatic rings. The van der Waals surface area contributed by atoms with Crippen molar-refractivity contribution in [1.29, 1.82) is 0 Å². The van der Waals surface area contributed by atoms with Crippen LogP contribution in [0.5, 0.6) is 0 Å². The van der Waals surface area contributed by atoms with Crippen LogP contribution in [0.1, 0.15) is 23.1 Å². The molecule has 6 heteroatoms. The molecule has 3 rings (SSSR count). The van der Waals surface area contributed by atoms with Gasteiger partial charge in [-0.1, -0.05) is 65.8 Å². The Morgan fingerprint density at radius 1 is 1.00 bits per heavy atom. The third-order valence-corrected chi connectivity index (χ3v) is 4.51. The van der Waals surface area contributed by atoms with E-state index >= 15 is 0 Å². The molecule has 1 aromatic heterocycles. The van der Waals surface area contributed by atoms with Gasteiger partial charge >= 0.3 is 0 Å². The number of nitrogens with zero attached hydrogens (tertiary/aromatic N) is 2. The number of thioether (sulfide) groups is 1. The number of benzene rings is 2. The first kappa shape index (κ1) is 16.1. The van der Waals surface area contributed by atoms with Crippen LogP contribution < -0.4 is 5.73 Å². The van der Waals surface area contributed by atoms with E-state index in [-0.39, 0.29) is 6.04 Å². The lowest BCUT2D eigenvalue weighted by Crippen LogP contribution is -2.54. The van der Waals surface area contributed by atoms with Crippen molar-refractivity contribution in [2.24, 2.45) is 0 Å². The van der Waals surface area contributed by atoms with Gasteiger partial charge in [-0.15, -0.1) is 10.2 Å². The van der Waals surface area contributed by atoms with Gasteiger partial charge in [-0.2, -0.15) is 0 Å². The lowest BCUT2D eigenvalue weighted by atomic mass is 10.1. The highest BCUT2D eigenvalue weighted by Crippen LogP contribution is 2.24. The molecule has 0 aliphatic rings. The minimum absolute atomic E-state index is 0.0465. The Balaban J connectivity index is 1.58. The fourth-order valence-electron chi connectivity index (χ4n) is 2.16. The second-order valence-corrected chi connectivity index (χ2v) is 6.57. The van der Waals surface area contributed by atoms with Gasteiger partial charge in [-0.25, -0.2) is 0 Å². The highest BCUT2D eigenvalue weighted by molar-refractivity contribution is 7.98. The molecule has 0 aliphatic heterocycles. The van der Waals surface area contributed by atoms with E-state index in [0.717, 1.165) is 22.8 Å². The summed E-state index contributed by atoms with van der Waals surface area (Å²) in [7, 11) is 0. The van der Waals surface area contributed by atoms with Crippen LogP contribution in [-0.4, -0.2) is 10.2 Å². The summed E-state index contributed by atoms with van der Waals surface area (Å²) >= 11 is 7.39. The van der Waals surface area contributed by atoms with Crippen LogP contribution in [0.15, 0.2) is 64.2 Å². The SMILES string of the molecule is [NH3+][C@@H](Cc1ccccc1)c1nnc(SCc2ccc(Cl)cc2)o1. The van der Waals surface area contributed by atoms with Crippen LogP contribution in [0.25, 0.3) is 0 Å². The molecule has 4 nitrogen and oxygen atoms in total. The zero-order chi connectivity index (χ0) is 16.1. The fourth-order valence-corrected chi connectivity index (χ4v) is 3.01. The molecule has 0 amide bonds. The molecule has 1 heterocycles. The molecule has 0 saturated heterocycles. The third-order valence-electron chi connectivity index (χ3n) is 3.37. The number of aromatic nitrogens is 2. The molecule has 0 fully saturated rings. The van der Waals surface area contributed by atoms with Crippen LogP contribution in [-0.2, 0) is 12.2 Å². The van der Waals surface area contributed by atoms with Gasteiger partial charge in [0.2, 0.25) is 0 Å². The number of hydrogen-bond acceptors (Lipinski definition) is 4. The van der Waals surface area contributed by atoms with Crippen molar-refractivity contribution >= 4 is 23.4 Å². The monoisotopic (exact) mass is 346 g/mol. The second-order valence-electron chi connectivity index (χ2n) is 5.21. The summed E-state index contributed by atoms with van der Waals surface area (Å²) in [5.41, 5.74) is 6.50. The van der Waals surface area contributed by atoms with E-state index in [1.54, 1.807) is 0 Å². The number of quaternary nitrogens is 1. The van der Waals surface area contributed by atoms with E-state index in [9.17, 15) is 0 Å². The van der Waals surface area contributed by atoms with Crippen LogP contribution >= 0.6 is 23.4 Å².